The SMILES string of the molecule is Cc1ccc(S(=O)(=O)OC[C@@H]2C(OCc3ccccc3)C[C@H](CO)N2C(=O)OC(C)(C)C)cc1. The highest BCUT2D eigenvalue weighted by Gasteiger charge is 2.46. The molecule has 2 aromatic carbocycles. The second kappa shape index (κ2) is 10.9. The number of amides is 1. The largest absolute Gasteiger partial charge is 0.444 e. The third-order valence-electron chi connectivity index (χ3n) is 5.51. The fourth-order valence-electron chi connectivity index (χ4n) is 3.83. The van der Waals surface area contributed by atoms with E-state index in [0.29, 0.717) is 6.42 Å². The normalized spacial score (nSPS) is 21.0. The van der Waals surface area contributed by atoms with Crippen molar-refractivity contribution in [2.24, 2.45) is 0 Å². The lowest BCUT2D eigenvalue weighted by atomic mass is 10.1. The fourth-order valence-corrected chi connectivity index (χ4v) is 4.75. The summed E-state index contributed by atoms with van der Waals surface area (Å²) >= 11 is 0. The van der Waals surface area contributed by atoms with Gasteiger partial charge in [0.25, 0.3) is 10.1 Å². The van der Waals surface area contributed by atoms with E-state index in [4.69, 9.17) is 13.7 Å². The molecule has 1 heterocycles. The van der Waals surface area contributed by atoms with Gasteiger partial charge >= 0.3 is 6.09 Å². The Morgan fingerprint density at radius 1 is 1.09 bits per heavy atom. The number of hydrogen-bond donors (Lipinski definition) is 1. The number of rotatable bonds is 8. The van der Waals surface area contributed by atoms with Crippen LogP contribution in [-0.2, 0) is 30.4 Å². The van der Waals surface area contributed by atoms with Gasteiger partial charge < -0.3 is 14.6 Å². The Morgan fingerprint density at radius 2 is 1.74 bits per heavy atom. The number of benzene rings is 2. The zero-order valence-electron chi connectivity index (χ0n) is 20.0. The van der Waals surface area contributed by atoms with Crippen LogP contribution in [0.2, 0.25) is 0 Å². The summed E-state index contributed by atoms with van der Waals surface area (Å²) in [4.78, 5) is 14.4. The van der Waals surface area contributed by atoms with Crippen LogP contribution in [0.5, 0.6) is 0 Å². The maximum absolute atomic E-state index is 13.0. The lowest BCUT2D eigenvalue weighted by Crippen LogP contribution is -2.49. The summed E-state index contributed by atoms with van der Waals surface area (Å²) in [5.41, 5.74) is 1.09. The summed E-state index contributed by atoms with van der Waals surface area (Å²) in [5.74, 6) is 0. The van der Waals surface area contributed by atoms with Gasteiger partial charge in [-0.1, -0.05) is 48.0 Å². The van der Waals surface area contributed by atoms with E-state index in [2.05, 4.69) is 0 Å². The molecule has 1 saturated heterocycles. The molecule has 0 radical (unpaired) electrons. The number of carbonyl (C=O) groups is 1. The summed E-state index contributed by atoms with van der Waals surface area (Å²) in [6, 6.07) is 14.5. The van der Waals surface area contributed by atoms with Crippen LogP contribution in [-0.4, -0.2) is 61.5 Å². The van der Waals surface area contributed by atoms with Crippen molar-refractivity contribution in [1.82, 2.24) is 4.90 Å². The molecular weight excluding hydrogens is 458 g/mol. The number of aryl methyl sites for hydroxylation is 1. The van der Waals surface area contributed by atoms with E-state index in [-0.39, 0.29) is 24.7 Å². The van der Waals surface area contributed by atoms with Crippen molar-refractivity contribution in [2.75, 3.05) is 13.2 Å². The third-order valence-corrected chi connectivity index (χ3v) is 6.81. The number of aliphatic hydroxyl groups is 1. The van der Waals surface area contributed by atoms with Crippen LogP contribution in [0.3, 0.4) is 0 Å². The van der Waals surface area contributed by atoms with Crippen LogP contribution < -0.4 is 0 Å². The monoisotopic (exact) mass is 491 g/mol. The average molecular weight is 492 g/mol. The van der Waals surface area contributed by atoms with Crippen LogP contribution in [0.15, 0.2) is 59.5 Å². The van der Waals surface area contributed by atoms with Crippen LogP contribution >= 0.6 is 0 Å². The van der Waals surface area contributed by atoms with Crippen molar-refractivity contribution in [3.8, 4) is 0 Å². The van der Waals surface area contributed by atoms with Crippen LogP contribution in [0.4, 0.5) is 4.79 Å². The summed E-state index contributed by atoms with van der Waals surface area (Å²) in [5, 5.41) is 9.97. The molecule has 1 N–H and O–H groups in total. The van der Waals surface area contributed by atoms with Gasteiger partial charge in [0.15, 0.2) is 0 Å². The fraction of sp³-hybridized carbons (Fsp3) is 0.480. The Balaban J connectivity index is 1.82. The van der Waals surface area contributed by atoms with Crippen molar-refractivity contribution in [1.29, 1.82) is 0 Å². The van der Waals surface area contributed by atoms with Crippen LogP contribution in [0.1, 0.15) is 38.3 Å². The maximum Gasteiger partial charge on any atom is 0.411 e. The second-order valence-corrected chi connectivity index (χ2v) is 11.0. The molecule has 1 aliphatic rings. The van der Waals surface area contributed by atoms with Crippen molar-refractivity contribution >= 4 is 16.2 Å². The van der Waals surface area contributed by atoms with Crippen molar-refractivity contribution in [3.63, 3.8) is 0 Å². The minimum atomic E-state index is -4.06. The molecule has 3 rings (SSSR count). The molecule has 8 nitrogen and oxygen atoms in total. The minimum Gasteiger partial charge on any atom is -0.444 e. The Hall–Kier alpha value is -2.46. The van der Waals surface area contributed by atoms with E-state index in [1.165, 1.54) is 17.0 Å². The molecule has 1 amide bonds. The molecular formula is C25H33NO7S. The van der Waals surface area contributed by atoms with Crippen LogP contribution in [0.25, 0.3) is 0 Å². The van der Waals surface area contributed by atoms with Gasteiger partial charge in [0.05, 0.1) is 42.9 Å². The van der Waals surface area contributed by atoms with Gasteiger partial charge in [-0.2, -0.15) is 8.42 Å². The Bertz CT molecular complexity index is 1050. The highest BCUT2D eigenvalue weighted by atomic mass is 32.2. The molecule has 34 heavy (non-hydrogen) atoms. The summed E-state index contributed by atoms with van der Waals surface area (Å²) in [6.07, 6.45) is -0.891. The van der Waals surface area contributed by atoms with Crippen molar-refractivity contribution in [2.45, 2.75) is 69.4 Å². The Kier molecular flexibility index (Phi) is 8.35. The maximum atomic E-state index is 13.0. The van der Waals surface area contributed by atoms with Crippen LogP contribution in [0, 0.1) is 6.92 Å². The van der Waals surface area contributed by atoms with Crippen molar-refractivity contribution < 1.29 is 32.0 Å². The summed E-state index contributed by atoms with van der Waals surface area (Å²) in [6.45, 7) is 6.71. The quantitative estimate of drug-likeness (QED) is 0.562. The number of likely N-dealkylation sites (tertiary alicyclic amines) is 1. The lowest BCUT2D eigenvalue weighted by Gasteiger charge is -2.32. The molecule has 0 bridgehead atoms. The minimum absolute atomic E-state index is 0.0281. The first-order chi connectivity index (χ1) is 16.0. The zero-order valence-corrected chi connectivity index (χ0v) is 20.8. The number of ether oxygens (including phenoxy) is 2. The molecule has 186 valence electrons. The van der Waals surface area contributed by atoms with E-state index in [1.807, 2.05) is 37.3 Å². The first-order valence-electron chi connectivity index (χ1n) is 11.2. The molecule has 0 spiro atoms. The van der Waals surface area contributed by atoms with E-state index < -0.39 is 40.0 Å². The number of carbonyl (C=O) groups excluding carboxylic acids is 1. The molecule has 0 aliphatic carbocycles. The third kappa shape index (κ3) is 6.79. The molecule has 0 aromatic heterocycles. The predicted molar refractivity (Wildman–Crippen MR) is 127 cm³/mol. The summed E-state index contributed by atoms with van der Waals surface area (Å²) in [7, 11) is -4.06. The second-order valence-electron chi connectivity index (χ2n) is 9.41. The highest BCUT2D eigenvalue weighted by Crippen LogP contribution is 2.31. The van der Waals surface area contributed by atoms with E-state index in [1.54, 1.807) is 32.9 Å². The van der Waals surface area contributed by atoms with Crippen molar-refractivity contribution in [3.05, 3.63) is 65.7 Å². The lowest BCUT2D eigenvalue weighted by molar-refractivity contribution is -0.0189. The van der Waals surface area contributed by atoms with Gasteiger partial charge in [0.2, 0.25) is 0 Å². The molecule has 1 unspecified atom stereocenters. The van der Waals surface area contributed by atoms with E-state index in [9.17, 15) is 18.3 Å². The molecule has 2 aromatic rings. The Morgan fingerprint density at radius 3 is 2.32 bits per heavy atom. The van der Waals surface area contributed by atoms with Gasteiger partial charge in [-0.25, -0.2) is 4.79 Å². The number of nitrogens with zero attached hydrogens (tertiary/aromatic N) is 1. The molecule has 9 heteroatoms. The van der Waals surface area contributed by atoms with Gasteiger partial charge in [-0.05, 0) is 51.8 Å². The van der Waals surface area contributed by atoms with Gasteiger partial charge in [0, 0.05) is 0 Å². The molecule has 1 fully saturated rings. The smallest absolute Gasteiger partial charge is 0.411 e. The van der Waals surface area contributed by atoms with Gasteiger partial charge in [-0.3, -0.25) is 9.08 Å². The highest BCUT2D eigenvalue weighted by molar-refractivity contribution is 7.86. The summed E-state index contributed by atoms with van der Waals surface area (Å²) < 4.78 is 42.6. The number of aliphatic hydroxyl groups excluding tert-OH is 1. The van der Waals surface area contributed by atoms with Gasteiger partial charge in [0.1, 0.15) is 5.60 Å². The predicted octanol–water partition coefficient (Wildman–Crippen LogP) is 3.66. The molecule has 3 atom stereocenters. The Labute approximate surface area is 201 Å². The first-order valence-corrected chi connectivity index (χ1v) is 12.6. The molecule has 0 saturated carbocycles. The zero-order chi connectivity index (χ0) is 24.9. The standard InChI is InChI=1S/C25H33NO7S/c1-18-10-12-21(13-11-18)34(29,30)32-17-22-23(31-16-19-8-6-5-7-9-19)14-20(15-27)26(22)24(28)33-25(2,3)4/h5-13,20,22-23,27H,14-17H2,1-4H3/t20-,22-,23?/m1/s1. The van der Waals surface area contributed by atoms with E-state index in [0.717, 1.165) is 11.1 Å². The van der Waals surface area contributed by atoms with Gasteiger partial charge in [-0.15, -0.1) is 0 Å². The topological polar surface area (TPSA) is 102 Å². The molecule has 1 aliphatic heterocycles. The number of hydrogen-bond acceptors (Lipinski definition) is 7. The van der Waals surface area contributed by atoms with E-state index >= 15 is 0 Å². The average Bonchev–Trinajstić information content (AvgIpc) is 3.14. The first kappa shape index (κ1) is 26.2.